The van der Waals surface area contributed by atoms with Gasteiger partial charge in [-0.3, -0.25) is 52.7 Å². The molecule has 0 saturated carbocycles. The van der Waals surface area contributed by atoms with Crippen LogP contribution in [-0.4, -0.2) is 262 Å². The van der Waals surface area contributed by atoms with Gasteiger partial charge < -0.3 is 70.5 Å². The second-order valence-corrected chi connectivity index (χ2v) is 30.3. The van der Waals surface area contributed by atoms with Gasteiger partial charge in [-0.15, -0.1) is 0 Å². The number of allylic oxidation sites excluding steroid dienone is 2. The first-order chi connectivity index (χ1) is 44.5. The van der Waals surface area contributed by atoms with E-state index in [2.05, 4.69) is 21.3 Å². The maximum atomic E-state index is 15.4. The van der Waals surface area contributed by atoms with E-state index in [1.807, 2.05) is 41.5 Å². The Morgan fingerprint density at radius 2 is 0.958 bits per heavy atom. The highest BCUT2D eigenvalue weighted by atomic mass is 32.2. The summed E-state index contributed by atoms with van der Waals surface area (Å²) < 4.78 is 5.22. The molecule has 0 aromatic rings. The third-order valence-corrected chi connectivity index (χ3v) is 19.2. The summed E-state index contributed by atoms with van der Waals surface area (Å²) in [5.41, 5.74) is -1.58. The highest BCUT2D eigenvalue weighted by molar-refractivity contribution is 7.99. The summed E-state index contributed by atoms with van der Waals surface area (Å²) in [6, 6.07) is -14.4. The van der Waals surface area contributed by atoms with E-state index in [0.29, 0.717) is 12.4 Å². The highest BCUT2D eigenvalue weighted by Gasteiger charge is 2.47. The number of ether oxygens (including phenoxy) is 1. The number of carbonyl (C=O) groups is 11. The molecule has 0 aliphatic carbocycles. The number of carbonyl (C=O) groups excluding carboxylic acids is 11. The third kappa shape index (κ3) is 26.4. The van der Waals surface area contributed by atoms with Crippen molar-refractivity contribution in [2.75, 3.05) is 74.6 Å². The number of nitrogens with zero attached hydrogens (tertiary/aromatic N) is 7. The number of thioether (sulfide) groups is 1. The SMILES string of the molecule is C/C=C/C[C@@H](C)[C@@H](O)[C@H]1C(=O)N[C@@H](CC)C(=O)N(C)[C@H](CSCCCCCCOC)C(=O)N(C)[C@@H](CC(C)(C)O)C(=O)N[C@@H](C(C)C)C(=O)N(C)[C@@H](CC(C)C)C(=O)N[C@@H](C)C(=O)N[C@H](C)C(=O)N(C)[C@@H](CC(C)C)C(=O)N(C)[C@@H](CC(C)C)C(=O)N(C)[C@@H](C(C)C)C(=O)N1C. The molecule has 552 valence electrons. The Bertz CT molecular complexity index is 2580. The van der Waals surface area contributed by atoms with Gasteiger partial charge in [0.15, 0.2) is 0 Å². The van der Waals surface area contributed by atoms with Gasteiger partial charge in [0.1, 0.15) is 66.5 Å². The lowest BCUT2D eigenvalue weighted by molar-refractivity contribution is -0.157. The van der Waals surface area contributed by atoms with Crippen molar-refractivity contribution in [1.82, 2.24) is 55.6 Å². The molecule has 96 heavy (non-hydrogen) atoms. The molecular formula is C70H127N11O14S. The fraction of sp³-hybridized carbons (Fsp3) is 0.814. The summed E-state index contributed by atoms with van der Waals surface area (Å²) in [6.45, 7) is 29.6. The van der Waals surface area contributed by atoms with Gasteiger partial charge in [0.25, 0.3) is 0 Å². The van der Waals surface area contributed by atoms with Crippen LogP contribution in [0.3, 0.4) is 0 Å². The quantitative estimate of drug-likeness (QED) is 0.0564. The van der Waals surface area contributed by atoms with E-state index < -0.39 is 161 Å². The average Bonchev–Trinajstić information content (AvgIpc) is 0.817. The Morgan fingerprint density at radius 3 is 1.45 bits per heavy atom. The number of nitrogens with one attached hydrogen (secondary N) is 4. The Hall–Kier alpha value is -5.86. The Balaban J connectivity index is 4.56. The molecule has 0 unspecified atom stereocenters. The fourth-order valence-electron chi connectivity index (χ4n) is 12.0. The number of likely N-dealkylation sites (N-methyl/N-ethyl adjacent to an activating group) is 7. The van der Waals surface area contributed by atoms with Crippen molar-refractivity contribution in [3.05, 3.63) is 12.2 Å². The minimum absolute atomic E-state index is 0.0260. The van der Waals surface area contributed by atoms with Gasteiger partial charge in [-0.25, -0.2) is 0 Å². The predicted octanol–water partition coefficient (Wildman–Crippen LogP) is 4.69. The molecule has 1 saturated heterocycles. The molecule has 6 N–H and O–H groups in total. The van der Waals surface area contributed by atoms with Gasteiger partial charge >= 0.3 is 0 Å². The molecule has 0 spiro atoms. The van der Waals surface area contributed by atoms with Crippen LogP contribution >= 0.6 is 11.8 Å². The first-order valence-corrected chi connectivity index (χ1v) is 35.8. The van der Waals surface area contributed by atoms with Crippen molar-refractivity contribution in [1.29, 1.82) is 0 Å². The Kier molecular flexibility index (Phi) is 38.1. The summed E-state index contributed by atoms with van der Waals surface area (Å²) in [4.78, 5) is 173. The molecule has 1 aliphatic rings. The summed E-state index contributed by atoms with van der Waals surface area (Å²) in [6.07, 6.45) is 5.76. The maximum Gasteiger partial charge on any atom is 0.246 e. The number of rotatable bonds is 24. The van der Waals surface area contributed by atoms with Crippen LogP contribution < -0.4 is 21.3 Å². The molecule has 25 nitrogen and oxygen atoms in total. The third-order valence-electron chi connectivity index (χ3n) is 18.0. The summed E-state index contributed by atoms with van der Waals surface area (Å²) in [5.74, 6) is -9.65. The van der Waals surface area contributed by atoms with E-state index >= 15 is 28.8 Å². The molecule has 0 aromatic heterocycles. The van der Waals surface area contributed by atoms with E-state index in [4.69, 9.17) is 4.74 Å². The van der Waals surface area contributed by atoms with Crippen molar-refractivity contribution in [3.63, 3.8) is 0 Å². The first-order valence-electron chi connectivity index (χ1n) is 34.6. The van der Waals surface area contributed by atoms with Crippen LogP contribution in [0.4, 0.5) is 0 Å². The van der Waals surface area contributed by atoms with Crippen molar-refractivity contribution in [3.8, 4) is 0 Å². The van der Waals surface area contributed by atoms with E-state index in [1.165, 1.54) is 113 Å². The summed E-state index contributed by atoms with van der Waals surface area (Å²) in [5, 5.41) is 34.8. The molecule has 26 heteroatoms. The zero-order chi connectivity index (χ0) is 74.1. The van der Waals surface area contributed by atoms with Crippen molar-refractivity contribution >= 4 is 76.7 Å². The lowest BCUT2D eigenvalue weighted by Gasteiger charge is -2.41. The number of aliphatic hydroxyl groups excluding tert-OH is 1. The van der Waals surface area contributed by atoms with Crippen LogP contribution in [0, 0.1) is 35.5 Å². The van der Waals surface area contributed by atoms with E-state index in [0.717, 1.165) is 35.5 Å². The Morgan fingerprint density at radius 1 is 0.510 bits per heavy atom. The monoisotopic (exact) mass is 1380 g/mol. The van der Waals surface area contributed by atoms with Crippen LogP contribution in [0.15, 0.2) is 12.2 Å². The van der Waals surface area contributed by atoms with E-state index in [9.17, 15) is 34.2 Å². The lowest BCUT2D eigenvalue weighted by atomic mass is 9.91. The molecule has 0 bridgehead atoms. The second kappa shape index (κ2) is 41.5. The smallest absolute Gasteiger partial charge is 0.246 e. The normalized spacial score (nSPS) is 26.1. The molecule has 13 atom stereocenters. The summed E-state index contributed by atoms with van der Waals surface area (Å²) in [7, 11) is 11.5. The second-order valence-electron chi connectivity index (χ2n) is 29.2. The van der Waals surface area contributed by atoms with Gasteiger partial charge in [-0.05, 0) is 121 Å². The number of unbranched alkanes of at least 4 members (excludes halogenated alkanes) is 3. The first kappa shape index (κ1) is 88.2. The van der Waals surface area contributed by atoms with Crippen LogP contribution in [-0.2, 0) is 57.5 Å². The predicted molar refractivity (Wildman–Crippen MR) is 376 cm³/mol. The highest BCUT2D eigenvalue weighted by Crippen LogP contribution is 2.27. The van der Waals surface area contributed by atoms with Gasteiger partial charge in [-0.2, -0.15) is 11.8 Å². The number of hydrogen-bond acceptors (Lipinski definition) is 15. The van der Waals surface area contributed by atoms with Crippen molar-refractivity contribution in [2.24, 2.45) is 35.5 Å². The van der Waals surface area contributed by atoms with Crippen LogP contribution in [0.1, 0.15) is 182 Å². The van der Waals surface area contributed by atoms with Gasteiger partial charge in [0.2, 0.25) is 65.0 Å². The topological polar surface area (TPSA) is 308 Å². The Labute approximate surface area is 579 Å². The number of amides is 11. The zero-order valence-electron chi connectivity index (χ0n) is 63.1. The summed E-state index contributed by atoms with van der Waals surface area (Å²) >= 11 is 1.41. The minimum Gasteiger partial charge on any atom is -0.390 e. The number of methoxy groups -OCH3 is 1. The molecular weight excluding hydrogens is 1250 g/mol. The van der Waals surface area contributed by atoms with E-state index in [1.54, 1.807) is 67.7 Å². The zero-order valence-corrected chi connectivity index (χ0v) is 63.9. The molecule has 1 rings (SSSR count). The van der Waals surface area contributed by atoms with Gasteiger partial charge in [0.05, 0.1) is 11.7 Å². The van der Waals surface area contributed by atoms with Crippen molar-refractivity contribution in [2.45, 2.75) is 260 Å². The van der Waals surface area contributed by atoms with Gasteiger partial charge in [0, 0.05) is 75.2 Å². The largest absolute Gasteiger partial charge is 0.390 e. The lowest BCUT2D eigenvalue weighted by Crippen LogP contribution is -2.64. The fourth-order valence-corrected chi connectivity index (χ4v) is 13.1. The van der Waals surface area contributed by atoms with Crippen LogP contribution in [0.2, 0.25) is 0 Å². The molecule has 0 radical (unpaired) electrons. The standard InChI is InChI=1S/C70H127N11O14S/c1-26-28-33-46(13)58(82)57-62(86)73-49(27-2)64(88)79(22)54(40-96-35-32-30-29-31-34-95-25)67(91)78(21)53(39-70(16,17)94)61(85)74-55(44(9)10)68(92)75(18)50(36-41(3)4)60(84)71-47(14)59(83)72-48(15)63(87)76(19)51(37-42(5)6)65(89)77(20)52(38-43(7)8)66(90)80(23)56(45(11)12)69(93)81(57)24/h26,28,41-58,82,94H,27,29-40H2,1-25H3,(H,71,84)(H,72,83)(H,73,86)(H,74,85)/b28-26+/t46-,47+,48-,49+,50+,51+,52+,53+,54-,55+,56+,57+,58-/m1/s1. The minimum atomic E-state index is -1.66. The van der Waals surface area contributed by atoms with E-state index in [-0.39, 0.29) is 62.0 Å². The van der Waals surface area contributed by atoms with Crippen LogP contribution in [0.25, 0.3) is 0 Å². The van der Waals surface area contributed by atoms with Crippen molar-refractivity contribution < 1.29 is 67.7 Å². The number of hydrogen-bond donors (Lipinski definition) is 6. The molecule has 1 heterocycles. The molecule has 0 aromatic carbocycles. The molecule has 1 fully saturated rings. The van der Waals surface area contributed by atoms with Gasteiger partial charge in [-0.1, -0.05) is 108 Å². The number of aliphatic hydroxyl groups is 2. The van der Waals surface area contributed by atoms with Crippen LogP contribution in [0.5, 0.6) is 0 Å². The molecule has 1 aliphatic heterocycles. The molecule has 11 amide bonds. The average molecular weight is 1380 g/mol. The maximum absolute atomic E-state index is 15.4.